The molecular formula is C23H29N4O4+. The predicted octanol–water partition coefficient (Wildman–Crippen LogP) is 0.684. The van der Waals surface area contributed by atoms with Crippen LogP contribution in [0.3, 0.4) is 0 Å². The third kappa shape index (κ3) is 5.61. The van der Waals surface area contributed by atoms with Gasteiger partial charge in [0.25, 0.3) is 11.8 Å². The Bertz CT molecular complexity index is 950. The molecule has 1 fully saturated rings. The number of ether oxygens (including phenoxy) is 1. The maximum atomic E-state index is 12.8. The Morgan fingerprint density at radius 3 is 2.55 bits per heavy atom. The summed E-state index contributed by atoms with van der Waals surface area (Å²) in [6.07, 6.45) is 1.08. The summed E-state index contributed by atoms with van der Waals surface area (Å²) < 4.78 is 5.22. The van der Waals surface area contributed by atoms with Crippen molar-refractivity contribution >= 4 is 17.8 Å². The van der Waals surface area contributed by atoms with E-state index in [1.54, 1.807) is 14.0 Å². The van der Waals surface area contributed by atoms with Crippen LogP contribution in [-0.2, 0) is 22.6 Å². The van der Waals surface area contributed by atoms with Gasteiger partial charge in [-0.05, 0) is 37.5 Å². The van der Waals surface area contributed by atoms with Crippen molar-refractivity contribution in [3.63, 3.8) is 0 Å². The number of quaternary nitrogens is 1. The van der Waals surface area contributed by atoms with Crippen molar-refractivity contribution < 1.29 is 24.0 Å². The highest BCUT2D eigenvalue weighted by Crippen LogP contribution is 2.22. The van der Waals surface area contributed by atoms with Crippen molar-refractivity contribution in [1.29, 1.82) is 0 Å². The van der Waals surface area contributed by atoms with Crippen LogP contribution in [-0.4, -0.2) is 49.1 Å². The van der Waals surface area contributed by atoms with Gasteiger partial charge < -0.3 is 15.0 Å². The van der Waals surface area contributed by atoms with Crippen molar-refractivity contribution in [2.45, 2.75) is 31.8 Å². The van der Waals surface area contributed by atoms with Crippen molar-refractivity contribution in [2.24, 2.45) is 0 Å². The molecule has 0 spiro atoms. The highest BCUT2D eigenvalue weighted by Gasteiger charge is 2.48. The van der Waals surface area contributed by atoms with Crippen LogP contribution in [0.4, 0.5) is 4.79 Å². The Kier molecular flexibility index (Phi) is 6.91. The Labute approximate surface area is 182 Å². The van der Waals surface area contributed by atoms with Gasteiger partial charge in [0, 0.05) is 5.56 Å². The lowest BCUT2D eigenvalue weighted by atomic mass is 9.93. The Balaban J connectivity index is 1.54. The minimum atomic E-state index is -1.06. The molecule has 3 N–H and O–H groups in total. The van der Waals surface area contributed by atoms with Crippen LogP contribution in [0.2, 0.25) is 0 Å². The predicted molar refractivity (Wildman–Crippen MR) is 115 cm³/mol. The topological polar surface area (TPSA) is 92.2 Å². The Morgan fingerprint density at radius 1 is 1.13 bits per heavy atom. The molecule has 164 valence electrons. The average molecular weight is 426 g/mol. The second-order valence-electron chi connectivity index (χ2n) is 8.09. The summed E-state index contributed by atoms with van der Waals surface area (Å²) in [4.78, 5) is 38.6. The molecule has 0 radical (unpaired) electrons. The van der Waals surface area contributed by atoms with Gasteiger partial charge in [-0.25, -0.2) is 4.79 Å². The maximum absolute atomic E-state index is 12.8. The summed E-state index contributed by atoms with van der Waals surface area (Å²) in [5.74, 6) is -0.104. The lowest BCUT2D eigenvalue weighted by molar-refractivity contribution is -0.885. The summed E-state index contributed by atoms with van der Waals surface area (Å²) in [7, 11) is 3.48. The van der Waals surface area contributed by atoms with Gasteiger partial charge in [0.1, 0.15) is 17.8 Å². The van der Waals surface area contributed by atoms with Crippen molar-refractivity contribution in [1.82, 2.24) is 15.8 Å². The van der Waals surface area contributed by atoms with Crippen LogP contribution in [0.1, 0.15) is 24.5 Å². The number of carbonyl (C=O) groups is 3. The first kappa shape index (κ1) is 22.3. The van der Waals surface area contributed by atoms with Gasteiger partial charge in [-0.15, -0.1) is 0 Å². The quantitative estimate of drug-likeness (QED) is 0.516. The molecule has 1 heterocycles. The van der Waals surface area contributed by atoms with Crippen LogP contribution < -0.4 is 20.4 Å². The number of benzene rings is 2. The fraction of sp³-hybridized carbons (Fsp3) is 0.348. The number of hydrogen-bond donors (Lipinski definition) is 3. The summed E-state index contributed by atoms with van der Waals surface area (Å²) in [6, 6.07) is 16.8. The highest BCUT2D eigenvalue weighted by atomic mass is 16.5. The van der Waals surface area contributed by atoms with Gasteiger partial charge in [-0.2, -0.15) is 5.01 Å². The number of hydrazine groups is 1. The third-order valence-electron chi connectivity index (χ3n) is 5.36. The minimum Gasteiger partial charge on any atom is -0.497 e. The molecule has 0 saturated carbocycles. The first-order chi connectivity index (χ1) is 14.8. The first-order valence-corrected chi connectivity index (χ1v) is 10.2. The summed E-state index contributed by atoms with van der Waals surface area (Å²) in [5.41, 5.74) is 3.50. The van der Waals surface area contributed by atoms with Gasteiger partial charge in [0.05, 0.1) is 14.2 Å². The molecule has 4 amide bonds. The van der Waals surface area contributed by atoms with Gasteiger partial charge in [-0.1, -0.05) is 42.5 Å². The van der Waals surface area contributed by atoms with E-state index in [0.717, 1.165) is 26.8 Å². The SMILES string of the molecule is COc1cccc(C[NH+](C)CC(=O)NN2C(=O)N[C@@](C)(CCc3ccccc3)C2=O)c1. The minimum absolute atomic E-state index is 0.106. The molecule has 0 aliphatic carbocycles. The summed E-state index contributed by atoms with van der Waals surface area (Å²) in [5, 5.41) is 3.51. The fourth-order valence-electron chi connectivity index (χ4n) is 3.63. The van der Waals surface area contributed by atoms with Crippen LogP contribution in [0.15, 0.2) is 54.6 Å². The molecule has 0 bridgehead atoms. The first-order valence-electron chi connectivity index (χ1n) is 10.2. The zero-order valence-electron chi connectivity index (χ0n) is 18.1. The second-order valence-corrected chi connectivity index (χ2v) is 8.09. The number of nitrogens with zero attached hydrogens (tertiary/aromatic N) is 1. The molecule has 1 aliphatic rings. The molecule has 8 nitrogen and oxygen atoms in total. The highest BCUT2D eigenvalue weighted by molar-refractivity contribution is 6.07. The van der Waals surface area contributed by atoms with Gasteiger partial charge in [-0.3, -0.25) is 15.0 Å². The van der Waals surface area contributed by atoms with E-state index in [1.165, 1.54) is 0 Å². The lowest BCUT2D eigenvalue weighted by Crippen LogP contribution is -3.09. The van der Waals surface area contributed by atoms with Gasteiger partial charge in [0.2, 0.25) is 0 Å². The van der Waals surface area contributed by atoms with Crippen molar-refractivity contribution in [3.05, 3.63) is 65.7 Å². The molecule has 0 aromatic heterocycles. The van der Waals surface area contributed by atoms with Crippen molar-refractivity contribution in [3.8, 4) is 5.75 Å². The van der Waals surface area contributed by atoms with Gasteiger partial charge in [0.15, 0.2) is 6.54 Å². The van der Waals surface area contributed by atoms with E-state index in [-0.39, 0.29) is 6.54 Å². The number of likely N-dealkylation sites (N-methyl/N-ethyl adjacent to an activating group) is 1. The number of amides is 4. The maximum Gasteiger partial charge on any atom is 0.344 e. The van der Waals surface area contributed by atoms with E-state index in [2.05, 4.69) is 10.7 Å². The van der Waals surface area contributed by atoms with Crippen LogP contribution in [0, 0.1) is 0 Å². The van der Waals surface area contributed by atoms with E-state index in [4.69, 9.17) is 4.74 Å². The number of methoxy groups -OCH3 is 1. The summed E-state index contributed by atoms with van der Waals surface area (Å²) >= 11 is 0. The largest absolute Gasteiger partial charge is 0.497 e. The lowest BCUT2D eigenvalue weighted by Gasteiger charge is -2.22. The van der Waals surface area contributed by atoms with E-state index in [0.29, 0.717) is 19.4 Å². The molecular weight excluding hydrogens is 396 g/mol. The van der Waals surface area contributed by atoms with Crippen LogP contribution >= 0.6 is 0 Å². The van der Waals surface area contributed by atoms with Crippen LogP contribution in [0.5, 0.6) is 5.75 Å². The van der Waals surface area contributed by atoms with Gasteiger partial charge >= 0.3 is 6.03 Å². The molecule has 8 heteroatoms. The molecule has 2 aromatic rings. The van der Waals surface area contributed by atoms with E-state index < -0.39 is 23.4 Å². The normalized spacial score (nSPS) is 19.1. The fourth-order valence-corrected chi connectivity index (χ4v) is 3.63. The molecule has 2 atom stereocenters. The van der Waals surface area contributed by atoms with E-state index in [9.17, 15) is 14.4 Å². The van der Waals surface area contributed by atoms with E-state index in [1.807, 2.05) is 61.6 Å². The number of imide groups is 1. The van der Waals surface area contributed by atoms with E-state index >= 15 is 0 Å². The number of nitrogens with one attached hydrogen (secondary N) is 3. The molecule has 1 saturated heterocycles. The standard InChI is InChI=1S/C23H28N4O4/c1-23(13-12-17-8-5-4-6-9-17)21(29)27(22(30)24-23)25-20(28)16-26(2)15-18-10-7-11-19(14-18)31-3/h4-11,14H,12-13,15-16H2,1-3H3,(H,24,30)(H,25,28)/p+1/t23-/m0/s1. The zero-order valence-corrected chi connectivity index (χ0v) is 18.1. The Morgan fingerprint density at radius 2 is 1.84 bits per heavy atom. The molecule has 31 heavy (non-hydrogen) atoms. The molecule has 2 aromatic carbocycles. The average Bonchev–Trinajstić information content (AvgIpc) is 2.96. The monoisotopic (exact) mass is 425 g/mol. The number of hydrogen-bond acceptors (Lipinski definition) is 4. The molecule has 1 aliphatic heterocycles. The molecule has 3 rings (SSSR count). The Hall–Kier alpha value is -3.39. The number of aryl methyl sites for hydroxylation is 1. The summed E-state index contributed by atoms with van der Waals surface area (Å²) in [6.45, 7) is 2.39. The zero-order chi connectivity index (χ0) is 22.4. The molecule has 1 unspecified atom stereocenters. The number of urea groups is 1. The van der Waals surface area contributed by atoms with Crippen LogP contribution in [0.25, 0.3) is 0 Å². The van der Waals surface area contributed by atoms with Crippen molar-refractivity contribution in [2.75, 3.05) is 20.7 Å². The second kappa shape index (κ2) is 9.61. The smallest absolute Gasteiger partial charge is 0.344 e. The third-order valence-corrected chi connectivity index (χ3v) is 5.36. The number of carbonyl (C=O) groups excluding carboxylic acids is 3. The number of rotatable bonds is 9.